The second-order valence-corrected chi connectivity index (χ2v) is 4.47. The summed E-state index contributed by atoms with van der Waals surface area (Å²) < 4.78 is 0. The van der Waals surface area contributed by atoms with Crippen LogP contribution in [0.1, 0.15) is 17.2 Å². The molecule has 0 spiro atoms. The molecule has 0 aromatic heterocycles. The normalized spacial score (nSPS) is 12.2. The molecule has 0 aliphatic heterocycles. The molecule has 1 atom stereocenters. The molecule has 20 heavy (non-hydrogen) atoms. The molecule has 5 heteroatoms. The summed E-state index contributed by atoms with van der Waals surface area (Å²) in [6.45, 7) is 0.161. The van der Waals surface area contributed by atoms with Gasteiger partial charge in [-0.3, -0.25) is 0 Å². The van der Waals surface area contributed by atoms with Crippen LogP contribution in [0.3, 0.4) is 0 Å². The average Bonchev–Trinajstić information content (AvgIpc) is 2.48. The summed E-state index contributed by atoms with van der Waals surface area (Å²) in [5.41, 5.74) is 1.37. The van der Waals surface area contributed by atoms with Crippen molar-refractivity contribution < 1.29 is 20.4 Å². The molecule has 2 aromatic carbocycles. The van der Waals surface area contributed by atoms with Gasteiger partial charge >= 0.3 is 0 Å². The molecule has 2 rings (SSSR count). The van der Waals surface area contributed by atoms with Gasteiger partial charge in [0, 0.05) is 12.1 Å². The molecule has 0 bridgehead atoms. The molecule has 0 radical (unpaired) electrons. The van der Waals surface area contributed by atoms with Gasteiger partial charge in [-0.15, -0.1) is 0 Å². The Morgan fingerprint density at radius 1 is 0.900 bits per heavy atom. The Bertz CT molecular complexity index is 572. The average molecular weight is 275 g/mol. The number of hydrogen-bond donors (Lipinski definition) is 5. The van der Waals surface area contributed by atoms with E-state index in [-0.39, 0.29) is 30.7 Å². The third-order valence-electron chi connectivity index (χ3n) is 3.14. The zero-order chi connectivity index (χ0) is 14.5. The lowest BCUT2D eigenvalue weighted by atomic mass is 10.1. The summed E-state index contributed by atoms with van der Waals surface area (Å²) >= 11 is 0. The molecule has 5 N–H and O–H groups in total. The van der Waals surface area contributed by atoms with Crippen LogP contribution in [0.4, 0.5) is 0 Å². The fourth-order valence-electron chi connectivity index (χ4n) is 1.96. The van der Waals surface area contributed by atoms with E-state index in [1.54, 1.807) is 0 Å². The predicted octanol–water partition coefficient (Wildman–Crippen LogP) is 1.63. The minimum atomic E-state index is -0.537. The second-order valence-electron chi connectivity index (χ2n) is 4.47. The maximum absolute atomic E-state index is 9.72. The van der Waals surface area contributed by atoms with Crippen LogP contribution in [0.25, 0.3) is 0 Å². The quantitative estimate of drug-likeness (QED) is 0.535. The highest BCUT2D eigenvalue weighted by Gasteiger charge is 2.13. The van der Waals surface area contributed by atoms with Crippen LogP contribution in [-0.4, -0.2) is 27.0 Å². The number of aliphatic hydroxyl groups excluding tert-OH is 1. The Balaban J connectivity index is 2.10. The Hall–Kier alpha value is -2.24. The van der Waals surface area contributed by atoms with Crippen molar-refractivity contribution in [2.24, 2.45) is 0 Å². The van der Waals surface area contributed by atoms with E-state index in [4.69, 9.17) is 0 Å². The molecule has 0 fully saturated rings. The van der Waals surface area contributed by atoms with Crippen molar-refractivity contribution in [3.8, 4) is 17.2 Å². The Morgan fingerprint density at radius 3 is 2.25 bits per heavy atom. The van der Waals surface area contributed by atoms with Gasteiger partial charge in [-0.05, 0) is 11.6 Å². The topological polar surface area (TPSA) is 93.0 Å². The third kappa shape index (κ3) is 3.01. The SMILES string of the molecule is OC[C@@H](NCc1ccc(O)c(O)c1O)c1ccccc1. The van der Waals surface area contributed by atoms with Crippen molar-refractivity contribution in [2.45, 2.75) is 12.6 Å². The number of nitrogens with one attached hydrogen (secondary N) is 1. The number of benzene rings is 2. The van der Waals surface area contributed by atoms with Gasteiger partial charge in [-0.25, -0.2) is 0 Å². The first kappa shape index (κ1) is 14.2. The van der Waals surface area contributed by atoms with Gasteiger partial charge < -0.3 is 25.7 Å². The first-order valence-corrected chi connectivity index (χ1v) is 6.25. The summed E-state index contributed by atoms with van der Waals surface area (Å²) in [5, 5.41) is 40.9. The van der Waals surface area contributed by atoms with E-state index in [1.165, 1.54) is 12.1 Å². The smallest absolute Gasteiger partial charge is 0.200 e. The summed E-state index contributed by atoms with van der Waals surface area (Å²) in [6.07, 6.45) is 0. The maximum Gasteiger partial charge on any atom is 0.200 e. The Morgan fingerprint density at radius 2 is 1.60 bits per heavy atom. The van der Waals surface area contributed by atoms with E-state index in [9.17, 15) is 20.4 Å². The van der Waals surface area contributed by atoms with Gasteiger partial charge in [-0.1, -0.05) is 36.4 Å². The summed E-state index contributed by atoms with van der Waals surface area (Å²) in [5.74, 6) is -1.26. The van der Waals surface area contributed by atoms with Crippen LogP contribution in [0.5, 0.6) is 17.2 Å². The highest BCUT2D eigenvalue weighted by atomic mass is 16.3. The van der Waals surface area contributed by atoms with Crippen LogP contribution in [0, 0.1) is 0 Å². The summed E-state index contributed by atoms with van der Waals surface area (Å²) in [4.78, 5) is 0. The van der Waals surface area contributed by atoms with E-state index >= 15 is 0 Å². The first-order chi connectivity index (χ1) is 9.63. The molecule has 0 saturated heterocycles. The first-order valence-electron chi connectivity index (χ1n) is 6.25. The van der Waals surface area contributed by atoms with Crippen molar-refractivity contribution in [3.63, 3.8) is 0 Å². The lowest BCUT2D eigenvalue weighted by Crippen LogP contribution is -2.23. The molecule has 0 aliphatic rings. The molecule has 0 heterocycles. The second kappa shape index (κ2) is 6.27. The highest BCUT2D eigenvalue weighted by Crippen LogP contribution is 2.37. The standard InChI is InChI=1S/C15H17NO4/c17-9-12(10-4-2-1-3-5-10)16-8-11-6-7-13(18)15(20)14(11)19/h1-7,12,16-20H,8-9H2/t12-/m1/s1. The number of aliphatic hydroxyl groups is 1. The summed E-state index contributed by atoms with van der Waals surface area (Å²) in [7, 11) is 0. The molecule has 0 unspecified atom stereocenters. The van der Waals surface area contributed by atoms with Crippen LogP contribution >= 0.6 is 0 Å². The van der Waals surface area contributed by atoms with Gasteiger partial charge in [0.05, 0.1) is 12.6 Å². The predicted molar refractivity (Wildman–Crippen MR) is 74.5 cm³/mol. The zero-order valence-corrected chi connectivity index (χ0v) is 10.8. The van der Waals surface area contributed by atoms with Gasteiger partial charge in [0.25, 0.3) is 0 Å². The number of phenols is 3. The van der Waals surface area contributed by atoms with Crippen molar-refractivity contribution in [2.75, 3.05) is 6.61 Å². The lowest BCUT2D eigenvalue weighted by molar-refractivity contribution is 0.243. The Kier molecular flexibility index (Phi) is 4.45. The number of phenolic OH excluding ortho intramolecular Hbond substituents is 3. The maximum atomic E-state index is 9.72. The van der Waals surface area contributed by atoms with Crippen molar-refractivity contribution in [1.82, 2.24) is 5.32 Å². The van der Waals surface area contributed by atoms with E-state index < -0.39 is 5.75 Å². The largest absolute Gasteiger partial charge is 0.504 e. The Labute approximate surface area is 116 Å². The minimum Gasteiger partial charge on any atom is -0.504 e. The van der Waals surface area contributed by atoms with E-state index in [0.717, 1.165) is 5.56 Å². The van der Waals surface area contributed by atoms with E-state index in [1.807, 2.05) is 30.3 Å². The van der Waals surface area contributed by atoms with E-state index in [2.05, 4.69) is 5.32 Å². The van der Waals surface area contributed by atoms with Crippen molar-refractivity contribution >= 4 is 0 Å². The van der Waals surface area contributed by atoms with Gasteiger partial charge in [0.1, 0.15) is 0 Å². The fourth-order valence-corrected chi connectivity index (χ4v) is 1.96. The molecular formula is C15H17NO4. The van der Waals surface area contributed by atoms with Crippen molar-refractivity contribution in [3.05, 3.63) is 53.6 Å². The number of rotatable bonds is 5. The molecule has 2 aromatic rings. The van der Waals surface area contributed by atoms with Gasteiger partial charge in [0.2, 0.25) is 5.75 Å². The highest BCUT2D eigenvalue weighted by molar-refractivity contribution is 5.53. The summed E-state index contributed by atoms with van der Waals surface area (Å²) in [6, 6.07) is 12.0. The van der Waals surface area contributed by atoms with Crippen molar-refractivity contribution in [1.29, 1.82) is 0 Å². The minimum absolute atomic E-state index is 0.0885. The van der Waals surface area contributed by atoms with E-state index in [0.29, 0.717) is 5.56 Å². The molecule has 106 valence electrons. The lowest BCUT2D eigenvalue weighted by Gasteiger charge is -2.17. The zero-order valence-electron chi connectivity index (χ0n) is 10.8. The molecule has 0 amide bonds. The van der Waals surface area contributed by atoms with Crippen LogP contribution < -0.4 is 5.32 Å². The monoisotopic (exact) mass is 275 g/mol. The van der Waals surface area contributed by atoms with Crippen LogP contribution in [-0.2, 0) is 6.54 Å². The number of hydrogen-bond acceptors (Lipinski definition) is 5. The van der Waals surface area contributed by atoms with Crippen LogP contribution in [0.15, 0.2) is 42.5 Å². The van der Waals surface area contributed by atoms with Crippen LogP contribution in [0.2, 0.25) is 0 Å². The molecule has 5 nitrogen and oxygen atoms in total. The molecule has 0 saturated carbocycles. The fraction of sp³-hybridized carbons (Fsp3) is 0.200. The van der Waals surface area contributed by atoms with Gasteiger partial charge in [-0.2, -0.15) is 0 Å². The van der Waals surface area contributed by atoms with Gasteiger partial charge in [0.15, 0.2) is 11.5 Å². The number of aromatic hydroxyl groups is 3. The molecular weight excluding hydrogens is 258 g/mol. The molecule has 0 aliphatic carbocycles. The third-order valence-corrected chi connectivity index (χ3v) is 3.14.